The van der Waals surface area contributed by atoms with Crippen LogP contribution < -0.4 is 5.32 Å². The van der Waals surface area contributed by atoms with Gasteiger partial charge in [-0.15, -0.1) is 0 Å². The minimum absolute atomic E-state index is 0.232. The van der Waals surface area contributed by atoms with Crippen molar-refractivity contribution in [3.63, 3.8) is 0 Å². The highest BCUT2D eigenvalue weighted by Crippen LogP contribution is 2.15. The molecular formula is C19H23NO2. The van der Waals surface area contributed by atoms with Crippen LogP contribution >= 0.6 is 0 Å². The molecule has 2 atom stereocenters. The molecule has 116 valence electrons. The summed E-state index contributed by atoms with van der Waals surface area (Å²) in [7, 11) is 0. The maximum absolute atomic E-state index is 6.06. The normalized spacial score (nSPS) is 21.1. The molecule has 2 aromatic carbocycles. The third-order valence-corrected chi connectivity index (χ3v) is 4.00. The first kappa shape index (κ1) is 15.2. The Morgan fingerprint density at radius 2 is 1.50 bits per heavy atom. The molecular weight excluding hydrogens is 274 g/mol. The first-order valence-electron chi connectivity index (χ1n) is 7.92. The zero-order valence-corrected chi connectivity index (χ0v) is 12.8. The first-order chi connectivity index (χ1) is 10.9. The maximum atomic E-state index is 6.06. The first-order valence-corrected chi connectivity index (χ1v) is 7.92. The molecule has 3 rings (SSSR count). The standard InChI is InChI=1S/C19H23NO2/c1-3-7-16(8-4-1)13-21-15-18-19(11-12-20-18)22-14-17-9-5-2-6-10-17/h1-10,18-20H,11-15H2/t18-,19+/m1/s1. The van der Waals surface area contributed by atoms with Gasteiger partial charge in [-0.3, -0.25) is 0 Å². The average molecular weight is 297 g/mol. The van der Waals surface area contributed by atoms with Gasteiger partial charge < -0.3 is 14.8 Å². The largest absolute Gasteiger partial charge is 0.375 e. The van der Waals surface area contributed by atoms with Gasteiger partial charge in [0, 0.05) is 0 Å². The Labute approximate surface area is 132 Å². The minimum Gasteiger partial charge on any atom is -0.375 e. The summed E-state index contributed by atoms with van der Waals surface area (Å²) in [5.41, 5.74) is 2.43. The van der Waals surface area contributed by atoms with Gasteiger partial charge in [0.25, 0.3) is 0 Å². The zero-order valence-electron chi connectivity index (χ0n) is 12.8. The highest BCUT2D eigenvalue weighted by Gasteiger charge is 2.27. The molecule has 0 saturated carbocycles. The van der Waals surface area contributed by atoms with Gasteiger partial charge in [-0.05, 0) is 24.1 Å². The second kappa shape index (κ2) is 8.08. The van der Waals surface area contributed by atoms with E-state index >= 15 is 0 Å². The Hall–Kier alpha value is -1.68. The lowest BCUT2D eigenvalue weighted by molar-refractivity contribution is 0.00216. The van der Waals surface area contributed by atoms with E-state index in [1.165, 1.54) is 11.1 Å². The second-order valence-electron chi connectivity index (χ2n) is 5.69. The van der Waals surface area contributed by atoms with E-state index in [1.54, 1.807) is 0 Å². The smallest absolute Gasteiger partial charge is 0.0767 e. The summed E-state index contributed by atoms with van der Waals surface area (Å²) in [6.07, 6.45) is 1.28. The molecule has 22 heavy (non-hydrogen) atoms. The summed E-state index contributed by atoms with van der Waals surface area (Å²) in [5, 5.41) is 3.48. The zero-order chi connectivity index (χ0) is 15.0. The summed E-state index contributed by atoms with van der Waals surface area (Å²) in [6, 6.07) is 20.9. The second-order valence-corrected chi connectivity index (χ2v) is 5.69. The van der Waals surface area contributed by atoms with Crippen molar-refractivity contribution in [2.45, 2.75) is 31.8 Å². The number of rotatable bonds is 7. The van der Waals surface area contributed by atoms with E-state index in [9.17, 15) is 0 Å². The summed E-state index contributed by atoms with van der Waals surface area (Å²) in [5.74, 6) is 0. The number of benzene rings is 2. The van der Waals surface area contributed by atoms with Crippen LogP contribution in [-0.2, 0) is 22.7 Å². The number of hydrogen-bond acceptors (Lipinski definition) is 3. The Balaban J connectivity index is 1.42. The van der Waals surface area contributed by atoms with Crippen molar-refractivity contribution in [3.05, 3.63) is 71.8 Å². The molecule has 1 heterocycles. The molecule has 0 spiro atoms. The van der Waals surface area contributed by atoms with Crippen molar-refractivity contribution in [1.82, 2.24) is 5.32 Å². The highest BCUT2D eigenvalue weighted by molar-refractivity contribution is 5.14. The lowest BCUT2D eigenvalue weighted by Crippen LogP contribution is -2.36. The predicted molar refractivity (Wildman–Crippen MR) is 87.5 cm³/mol. The molecule has 0 unspecified atom stereocenters. The van der Waals surface area contributed by atoms with Crippen LogP contribution in [0.5, 0.6) is 0 Å². The van der Waals surface area contributed by atoms with Gasteiger partial charge in [0.15, 0.2) is 0 Å². The summed E-state index contributed by atoms with van der Waals surface area (Å²) < 4.78 is 11.9. The van der Waals surface area contributed by atoms with Gasteiger partial charge in [-0.25, -0.2) is 0 Å². The van der Waals surface area contributed by atoms with E-state index in [-0.39, 0.29) is 12.1 Å². The van der Waals surface area contributed by atoms with Crippen molar-refractivity contribution >= 4 is 0 Å². The van der Waals surface area contributed by atoms with Gasteiger partial charge in [0.2, 0.25) is 0 Å². The molecule has 1 aliphatic heterocycles. The van der Waals surface area contributed by atoms with E-state index in [0.717, 1.165) is 13.0 Å². The molecule has 0 aromatic heterocycles. The fraction of sp³-hybridized carbons (Fsp3) is 0.368. The molecule has 0 amide bonds. The van der Waals surface area contributed by atoms with Crippen LogP contribution in [0.3, 0.4) is 0 Å². The Kier molecular flexibility index (Phi) is 5.59. The number of nitrogens with one attached hydrogen (secondary N) is 1. The molecule has 1 fully saturated rings. The van der Waals surface area contributed by atoms with Crippen LogP contribution in [0.1, 0.15) is 17.5 Å². The third kappa shape index (κ3) is 4.41. The van der Waals surface area contributed by atoms with Crippen molar-refractivity contribution in [3.8, 4) is 0 Å². The average Bonchev–Trinajstić information content (AvgIpc) is 3.02. The van der Waals surface area contributed by atoms with Crippen LogP contribution in [0, 0.1) is 0 Å². The van der Waals surface area contributed by atoms with Gasteiger partial charge in [-0.1, -0.05) is 60.7 Å². The number of hydrogen-bond donors (Lipinski definition) is 1. The highest BCUT2D eigenvalue weighted by atomic mass is 16.5. The van der Waals surface area contributed by atoms with Gasteiger partial charge in [0.05, 0.1) is 32.0 Å². The fourth-order valence-corrected chi connectivity index (χ4v) is 2.76. The van der Waals surface area contributed by atoms with E-state index < -0.39 is 0 Å². The van der Waals surface area contributed by atoms with Crippen molar-refractivity contribution in [2.75, 3.05) is 13.2 Å². The third-order valence-electron chi connectivity index (χ3n) is 4.00. The van der Waals surface area contributed by atoms with Gasteiger partial charge in [-0.2, -0.15) is 0 Å². The maximum Gasteiger partial charge on any atom is 0.0767 e. The SMILES string of the molecule is c1ccc(COC[C@H]2NCC[C@@H]2OCc2ccccc2)cc1. The summed E-state index contributed by atoms with van der Waals surface area (Å²) in [6.45, 7) is 3.01. The van der Waals surface area contributed by atoms with Gasteiger partial charge in [0.1, 0.15) is 0 Å². The number of ether oxygens (including phenoxy) is 2. The van der Waals surface area contributed by atoms with Crippen LogP contribution in [0.4, 0.5) is 0 Å². The minimum atomic E-state index is 0.232. The predicted octanol–water partition coefficient (Wildman–Crippen LogP) is 3.15. The molecule has 0 bridgehead atoms. The van der Waals surface area contributed by atoms with E-state index in [0.29, 0.717) is 19.8 Å². The van der Waals surface area contributed by atoms with Gasteiger partial charge >= 0.3 is 0 Å². The lowest BCUT2D eigenvalue weighted by Gasteiger charge is -2.20. The topological polar surface area (TPSA) is 30.5 Å². The molecule has 3 heteroatoms. The lowest BCUT2D eigenvalue weighted by atomic mass is 10.2. The quantitative estimate of drug-likeness (QED) is 0.851. The van der Waals surface area contributed by atoms with E-state index in [2.05, 4.69) is 29.6 Å². The van der Waals surface area contributed by atoms with E-state index in [4.69, 9.17) is 9.47 Å². The summed E-state index contributed by atoms with van der Waals surface area (Å²) >= 11 is 0. The summed E-state index contributed by atoms with van der Waals surface area (Å²) in [4.78, 5) is 0. The van der Waals surface area contributed by atoms with Crippen molar-refractivity contribution in [2.24, 2.45) is 0 Å². The van der Waals surface area contributed by atoms with Crippen LogP contribution in [0.2, 0.25) is 0 Å². The molecule has 1 aliphatic rings. The molecule has 2 aromatic rings. The monoisotopic (exact) mass is 297 g/mol. The molecule has 3 nitrogen and oxygen atoms in total. The van der Waals surface area contributed by atoms with Crippen molar-refractivity contribution < 1.29 is 9.47 Å². The molecule has 1 saturated heterocycles. The van der Waals surface area contributed by atoms with E-state index in [1.807, 2.05) is 36.4 Å². The van der Waals surface area contributed by atoms with Crippen LogP contribution in [0.15, 0.2) is 60.7 Å². The fourth-order valence-electron chi connectivity index (χ4n) is 2.76. The molecule has 0 aliphatic carbocycles. The molecule has 1 N–H and O–H groups in total. The Bertz CT molecular complexity index is 544. The van der Waals surface area contributed by atoms with Crippen LogP contribution in [0.25, 0.3) is 0 Å². The Morgan fingerprint density at radius 3 is 2.18 bits per heavy atom. The molecule has 0 radical (unpaired) electrons. The van der Waals surface area contributed by atoms with Crippen molar-refractivity contribution in [1.29, 1.82) is 0 Å². The Morgan fingerprint density at radius 1 is 0.864 bits per heavy atom. The van der Waals surface area contributed by atoms with Crippen LogP contribution in [-0.4, -0.2) is 25.3 Å².